The van der Waals surface area contributed by atoms with Gasteiger partial charge in [0.1, 0.15) is 0 Å². The van der Waals surface area contributed by atoms with Crippen molar-refractivity contribution in [3.8, 4) is 0 Å². The van der Waals surface area contributed by atoms with Crippen molar-refractivity contribution >= 4 is 5.97 Å². The second-order valence-electron chi connectivity index (χ2n) is 7.03. The summed E-state index contributed by atoms with van der Waals surface area (Å²) >= 11 is 0. The van der Waals surface area contributed by atoms with Crippen LogP contribution in [0, 0.1) is 10.8 Å². The summed E-state index contributed by atoms with van der Waals surface area (Å²) < 4.78 is 0. The van der Waals surface area contributed by atoms with Crippen LogP contribution >= 0.6 is 0 Å². The van der Waals surface area contributed by atoms with Crippen molar-refractivity contribution in [1.29, 1.82) is 0 Å². The number of aromatic nitrogens is 4. The van der Waals surface area contributed by atoms with Crippen LogP contribution in [0.3, 0.4) is 0 Å². The number of rotatable bonds is 6. The van der Waals surface area contributed by atoms with Gasteiger partial charge in [-0.15, -0.1) is 10.2 Å². The van der Waals surface area contributed by atoms with E-state index in [4.69, 9.17) is 5.11 Å². The molecule has 0 saturated carbocycles. The van der Waals surface area contributed by atoms with E-state index in [0.717, 1.165) is 18.7 Å². The van der Waals surface area contributed by atoms with Crippen LogP contribution in [0.25, 0.3) is 0 Å². The van der Waals surface area contributed by atoms with E-state index in [-0.39, 0.29) is 17.3 Å². The standard InChI is InChI=1S/C13H24N4O2/c1-12(2,3)7-6-10-14-16-17(15-10)9-13(4,5)8-11(18)19/h6-9H2,1-5H3,(H,18,19). The lowest BCUT2D eigenvalue weighted by molar-refractivity contribution is -0.139. The van der Waals surface area contributed by atoms with Crippen molar-refractivity contribution in [2.45, 2.75) is 60.4 Å². The highest BCUT2D eigenvalue weighted by molar-refractivity contribution is 5.67. The molecule has 1 aromatic heterocycles. The van der Waals surface area contributed by atoms with E-state index in [1.54, 1.807) is 0 Å². The summed E-state index contributed by atoms with van der Waals surface area (Å²) in [6.45, 7) is 10.8. The predicted molar refractivity (Wildman–Crippen MR) is 71.6 cm³/mol. The first kappa shape index (κ1) is 15.6. The monoisotopic (exact) mass is 268 g/mol. The van der Waals surface area contributed by atoms with Crippen molar-refractivity contribution in [3.63, 3.8) is 0 Å². The Morgan fingerprint density at radius 2 is 1.89 bits per heavy atom. The van der Waals surface area contributed by atoms with Gasteiger partial charge in [-0.25, -0.2) is 0 Å². The highest BCUT2D eigenvalue weighted by Crippen LogP contribution is 2.22. The average Bonchev–Trinajstić information content (AvgIpc) is 2.58. The molecule has 1 heterocycles. The van der Waals surface area contributed by atoms with Crippen molar-refractivity contribution in [2.75, 3.05) is 0 Å². The first-order valence-electron chi connectivity index (χ1n) is 6.56. The number of hydrogen-bond donors (Lipinski definition) is 1. The number of nitrogens with zero attached hydrogens (tertiary/aromatic N) is 4. The summed E-state index contributed by atoms with van der Waals surface area (Å²) in [6.07, 6.45) is 1.88. The van der Waals surface area contributed by atoms with Crippen LogP contribution in [0.2, 0.25) is 0 Å². The van der Waals surface area contributed by atoms with Gasteiger partial charge in [0, 0.05) is 6.42 Å². The summed E-state index contributed by atoms with van der Waals surface area (Å²) in [5.41, 5.74) is -0.137. The molecule has 0 aliphatic carbocycles. The number of tetrazole rings is 1. The molecule has 0 atom stereocenters. The summed E-state index contributed by atoms with van der Waals surface area (Å²) in [5.74, 6) is -0.0841. The zero-order chi connectivity index (χ0) is 14.7. The van der Waals surface area contributed by atoms with Gasteiger partial charge in [0.15, 0.2) is 5.82 Å². The molecule has 6 heteroatoms. The quantitative estimate of drug-likeness (QED) is 0.855. The van der Waals surface area contributed by atoms with Gasteiger partial charge in [-0.05, 0) is 22.5 Å². The van der Waals surface area contributed by atoms with E-state index in [1.165, 1.54) is 4.80 Å². The van der Waals surface area contributed by atoms with Crippen molar-refractivity contribution in [2.24, 2.45) is 10.8 Å². The van der Waals surface area contributed by atoms with Crippen LogP contribution < -0.4 is 0 Å². The topological polar surface area (TPSA) is 80.9 Å². The summed E-state index contributed by atoms with van der Waals surface area (Å²) in [5, 5.41) is 21.2. The van der Waals surface area contributed by atoms with Gasteiger partial charge in [-0.2, -0.15) is 4.80 Å². The van der Waals surface area contributed by atoms with Crippen LogP contribution in [0.15, 0.2) is 0 Å². The van der Waals surface area contributed by atoms with Gasteiger partial charge in [-0.1, -0.05) is 34.6 Å². The first-order chi connectivity index (χ1) is 8.57. The number of aryl methyl sites for hydroxylation is 1. The maximum atomic E-state index is 10.8. The van der Waals surface area contributed by atoms with Gasteiger partial charge in [0.25, 0.3) is 0 Å². The van der Waals surface area contributed by atoms with Gasteiger partial charge in [0.2, 0.25) is 0 Å². The van der Waals surface area contributed by atoms with E-state index in [1.807, 2.05) is 13.8 Å². The Balaban J connectivity index is 2.57. The molecule has 108 valence electrons. The summed E-state index contributed by atoms with van der Waals surface area (Å²) in [7, 11) is 0. The highest BCUT2D eigenvalue weighted by Gasteiger charge is 2.24. The number of carboxylic acid groups (broad SMARTS) is 1. The Hall–Kier alpha value is -1.46. The minimum absolute atomic E-state index is 0.0892. The fourth-order valence-electron chi connectivity index (χ4n) is 1.78. The minimum Gasteiger partial charge on any atom is -0.481 e. The Labute approximate surface area is 114 Å². The fourth-order valence-corrected chi connectivity index (χ4v) is 1.78. The van der Waals surface area contributed by atoms with Gasteiger partial charge in [-0.3, -0.25) is 4.79 Å². The van der Waals surface area contributed by atoms with E-state index in [9.17, 15) is 4.79 Å². The molecule has 0 bridgehead atoms. The molecule has 19 heavy (non-hydrogen) atoms. The zero-order valence-electron chi connectivity index (χ0n) is 12.5. The molecule has 0 aliphatic rings. The summed E-state index contributed by atoms with van der Waals surface area (Å²) in [4.78, 5) is 12.3. The lowest BCUT2D eigenvalue weighted by atomic mass is 9.90. The van der Waals surface area contributed by atoms with Crippen molar-refractivity contribution in [3.05, 3.63) is 5.82 Å². The molecule has 0 unspecified atom stereocenters. The second kappa shape index (κ2) is 5.67. The first-order valence-corrected chi connectivity index (χ1v) is 6.56. The van der Waals surface area contributed by atoms with E-state index >= 15 is 0 Å². The molecule has 6 nitrogen and oxygen atoms in total. The molecule has 0 aromatic carbocycles. The molecule has 0 spiro atoms. The smallest absolute Gasteiger partial charge is 0.303 e. The molecule has 0 aliphatic heterocycles. The van der Waals surface area contributed by atoms with Crippen LogP contribution in [0.1, 0.15) is 53.3 Å². The second-order valence-corrected chi connectivity index (χ2v) is 7.03. The van der Waals surface area contributed by atoms with Gasteiger partial charge < -0.3 is 5.11 Å². The molecule has 0 radical (unpaired) electrons. The number of hydrogen-bond acceptors (Lipinski definition) is 4. The molecular formula is C13H24N4O2. The molecule has 1 N–H and O–H groups in total. The third-order valence-corrected chi connectivity index (χ3v) is 2.79. The van der Waals surface area contributed by atoms with Crippen LogP contribution in [0.4, 0.5) is 0 Å². The number of aliphatic carboxylic acids is 1. The third-order valence-electron chi connectivity index (χ3n) is 2.79. The zero-order valence-corrected chi connectivity index (χ0v) is 12.5. The SMILES string of the molecule is CC(C)(C)CCc1nnn(CC(C)(C)CC(=O)O)n1. The number of carboxylic acids is 1. The van der Waals surface area contributed by atoms with Gasteiger partial charge in [0.05, 0.1) is 13.0 Å². The Morgan fingerprint density at radius 3 is 2.42 bits per heavy atom. The molecule has 1 rings (SSSR count). The van der Waals surface area contributed by atoms with Crippen molar-refractivity contribution < 1.29 is 9.90 Å². The van der Waals surface area contributed by atoms with E-state index in [0.29, 0.717) is 6.54 Å². The molecule has 0 fully saturated rings. The van der Waals surface area contributed by atoms with Crippen molar-refractivity contribution in [1.82, 2.24) is 20.2 Å². The van der Waals surface area contributed by atoms with E-state index in [2.05, 4.69) is 36.2 Å². The van der Waals surface area contributed by atoms with E-state index < -0.39 is 5.97 Å². The van der Waals surface area contributed by atoms with Gasteiger partial charge >= 0.3 is 5.97 Å². The Bertz CT molecular complexity index is 432. The molecule has 0 saturated heterocycles. The lowest BCUT2D eigenvalue weighted by Gasteiger charge is -2.20. The summed E-state index contributed by atoms with van der Waals surface area (Å²) in [6, 6.07) is 0. The lowest BCUT2D eigenvalue weighted by Crippen LogP contribution is -2.24. The predicted octanol–water partition coefficient (Wildman–Crippen LogP) is 2.15. The average molecular weight is 268 g/mol. The van der Waals surface area contributed by atoms with Crippen LogP contribution in [-0.4, -0.2) is 31.3 Å². The Morgan fingerprint density at radius 1 is 1.26 bits per heavy atom. The fraction of sp³-hybridized carbons (Fsp3) is 0.846. The molecular weight excluding hydrogens is 244 g/mol. The molecule has 0 amide bonds. The van der Waals surface area contributed by atoms with Crippen LogP contribution in [0.5, 0.6) is 0 Å². The minimum atomic E-state index is -0.807. The number of carbonyl (C=O) groups is 1. The maximum absolute atomic E-state index is 10.8. The highest BCUT2D eigenvalue weighted by atomic mass is 16.4. The largest absolute Gasteiger partial charge is 0.481 e. The third kappa shape index (κ3) is 6.31. The maximum Gasteiger partial charge on any atom is 0.303 e. The normalized spacial score (nSPS) is 12.7. The molecule has 1 aromatic rings. The Kier molecular flexibility index (Phi) is 4.66. The van der Waals surface area contributed by atoms with Crippen LogP contribution in [-0.2, 0) is 17.8 Å².